The number of hydrogen-bond donors (Lipinski definition) is 0. The van der Waals surface area contributed by atoms with Crippen LogP contribution in [-0.4, -0.2) is 0 Å². The molecule has 0 atom stereocenters. The quantitative estimate of drug-likeness (QED) is 0.401. The third-order valence-corrected chi connectivity index (χ3v) is 3.29. The summed E-state index contributed by atoms with van der Waals surface area (Å²) in [6.07, 6.45) is 12.9. The minimum atomic E-state index is 0.895. The highest BCUT2D eigenvalue weighted by atomic mass is 14.1. The van der Waals surface area contributed by atoms with Gasteiger partial charge in [-0.3, -0.25) is 0 Å². The van der Waals surface area contributed by atoms with E-state index in [0.717, 1.165) is 11.8 Å². The molecule has 0 aromatic carbocycles. The Kier molecular flexibility index (Phi) is 10.5. The van der Waals surface area contributed by atoms with Crippen molar-refractivity contribution in [3.8, 4) is 0 Å². The summed E-state index contributed by atoms with van der Waals surface area (Å²) < 4.78 is 0. The Morgan fingerprint density at radius 3 is 1.67 bits per heavy atom. The lowest BCUT2D eigenvalue weighted by molar-refractivity contribution is 0.387. The van der Waals surface area contributed by atoms with Crippen molar-refractivity contribution in [3.05, 3.63) is 0 Å². The van der Waals surface area contributed by atoms with E-state index in [4.69, 9.17) is 0 Å². The molecule has 0 bridgehead atoms. The first kappa shape index (κ1) is 15.0. The van der Waals surface area contributed by atoms with Crippen LogP contribution in [0.25, 0.3) is 0 Å². The summed E-state index contributed by atoms with van der Waals surface area (Å²) >= 11 is 0. The summed E-state index contributed by atoms with van der Waals surface area (Å²) in [4.78, 5) is 0. The van der Waals surface area contributed by atoms with Crippen LogP contribution in [0.3, 0.4) is 0 Å². The van der Waals surface area contributed by atoms with Crippen molar-refractivity contribution in [2.45, 2.75) is 85.5 Å². The van der Waals surface area contributed by atoms with E-state index in [-0.39, 0.29) is 0 Å². The van der Waals surface area contributed by atoms with Gasteiger partial charge in [0.2, 0.25) is 0 Å². The van der Waals surface area contributed by atoms with Crippen LogP contribution in [0.5, 0.6) is 0 Å². The lowest BCUT2D eigenvalue weighted by Gasteiger charge is -2.14. The Morgan fingerprint density at radius 1 is 0.667 bits per heavy atom. The summed E-state index contributed by atoms with van der Waals surface area (Å²) in [6, 6.07) is 0. The molecule has 15 heavy (non-hydrogen) atoms. The van der Waals surface area contributed by atoms with Crippen LogP contribution in [0.1, 0.15) is 85.5 Å². The maximum Gasteiger partial charge on any atom is -0.0414 e. The number of hydrogen-bond acceptors (Lipinski definition) is 0. The molecule has 0 heterocycles. The van der Waals surface area contributed by atoms with Crippen molar-refractivity contribution >= 4 is 0 Å². The molecule has 0 spiro atoms. The van der Waals surface area contributed by atoms with Gasteiger partial charge in [-0.05, 0) is 11.8 Å². The van der Waals surface area contributed by atoms with Gasteiger partial charge in [0.25, 0.3) is 0 Å². The molecule has 0 aliphatic rings. The third kappa shape index (κ3) is 10.3. The molecule has 0 aromatic rings. The van der Waals surface area contributed by atoms with E-state index in [2.05, 4.69) is 27.7 Å². The molecule has 0 rings (SSSR count). The lowest BCUT2D eigenvalue weighted by Crippen LogP contribution is -1.99. The molecular weight excluding hydrogens is 180 g/mol. The fourth-order valence-electron chi connectivity index (χ4n) is 2.41. The Hall–Kier alpha value is 0. The molecule has 0 N–H and O–H groups in total. The fourth-order valence-corrected chi connectivity index (χ4v) is 2.41. The molecule has 0 amide bonds. The van der Waals surface area contributed by atoms with Crippen molar-refractivity contribution in [3.63, 3.8) is 0 Å². The second kappa shape index (κ2) is 10.5. The van der Waals surface area contributed by atoms with E-state index >= 15 is 0 Å². The molecule has 0 fully saturated rings. The van der Waals surface area contributed by atoms with Gasteiger partial charge in [0.15, 0.2) is 0 Å². The zero-order chi connectivity index (χ0) is 11.5. The minimum absolute atomic E-state index is 0.895. The number of unbranched alkanes of at least 4 members (excludes halogenated alkanes) is 2. The van der Waals surface area contributed by atoms with Gasteiger partial charge in [0.1, 0.15) is 0 Å². The van der Waals surface area contributed by atoms with Crippen molar-refractivity contribution < 1.29 is 0 Å². The summed E-state index contributed by atoms with van der Waals surface area (Å²) in [6.45, 7) is 9.30. The van der Waals surface area contributed by atoms with Gasteiger partial charge in [-0.2, -0.15) is 0 Å². The zero-order valence-electron chi connectivity index (χ0n) is 11.5. The van der Waals surface area contributed by atoms with Crippen LogP contribution in [0.2, 0.25) is 0 Å². The predicted octanol–water partition coefficient (Wildman–Crippen LogP) is 5.81. The average Bonchev–Trinajstić information content (AvgIpc) is 2.17. The summed E-state index contributed by atoms with van der Waals surface area (Å²) in [5.41, 5.74) is 0. The van der Waals surface area contributed by atoms with Crippen LogP contribution in [0.15, 0.2) is 0 Å². The molecule has 0 saturated carbocycles. The van der Waals surface area contributed by atoms with Crippen LogP contribution >= 0.6 is 0 Å². The first-order chi connectivity index (χ1) is 7.20. The fraction of sp³-hybridized carbons (Fsp3) is 1.00. The average molecular weight is 212 g/mol. The molecule has 0 aliphatic heterocycles. The molecule has 0 radical (unpaired) electrons. The Bertz CT molecular complexity index is 109. The minimum Gasteiger partial charge on any atom is -0.0654 e. The third-order valence-electron chi connectivity index (χ3n) is 3.29. The van der Waals surface area contributed by atoms with Crippen LogP contribution in [0.4, 0.5) is 0 Å². The molecule has 0 unspecified atom stereocenters. The predicted molar refractivity (Wildman–Crippen MR) is 71.2 cm³/mol. The SMILES string of the molecule is CCCC(CCC)CCCCCC(C)C. The van der Waals surface area contributed by atoms with Crippen molar-refractivity contribution in [1.82, 2.24) is 0 Å². The van der Waals surface area contributed by atoms with Gasteiger partial charge < -0.3 is 0 Å². The standard InChI is InChI=1S/C15H32/c1-5-10-15(11-6-2)13-9-7-8-12-14(3)4/h14-15H,5-13H2,1-4H3. The van der Waals surface area contributed by atoms with Crippen LogP contribution < -0.4 is 0 Å². The second-order valence-electron chi connectivity index (χ2n) is 5.48. The monoisotopic (exact) mass is 212 g/mol. The summed E-state index contributed by atoms with van der Waals surface area (Å²) in [7, 11) is 0. The summed E-state index contributed by atoms with van der Waals surface area (Å²) in [5.74, 6) is 1.92. The van der Waals surface area contributed by atoms with E-state index in [1.807, 2.05) is 0 Å². The zero-order valence-corrected chi connectivity index (χ0v) is 11.5. The molecule has 0 heteroatoms. The van der Waals surface area contributed by atoms with E-state index in [0.29, 0.717) is 0 Å². The number of rotatable bonds is 10. The van der Waals surface area contributed by atoms with Gasteiger partial charge in [-0.25, -0.2) is 0 Å². The smallest absolute Gasteiger partial charge is 0.0414 e. The van der Waals surface area contributed by atoms with E-state index in [9.17, 15) is 0 Å². The first-order valence-electron chi connectivity index (χ1n) is 7.20. The molecule has 0 saturated heterocycles. The van der Waals surface area contributed by atoms with Crippen LogP contribution in [-0.2, 0) is 0 Å². The molecular formula is C15H32. The highest BCUT2D eigenvalue weighted by Crippen LogP contribution is 2.21. The van der Waals surface area contributed by atoms with Crippen molar-refractivity contribution in [2.75, 3.05) is 0 Å². The first-order valence-corrected chi connectivity index (χ1v) is 7.20. The normalized spacial score (nSPS) is 11.6. The molecule has 0 nitrogen and oxygen atoms in total. The van der Waals surface area contributed by atoms with Crippen LogP contribution in [0, 0.1) is 11.8 Å². The van der Waals surface area contributed by atoms with Crippen molar-refractivity contribution in [2.24, 2.45) is 11.8 Å². The second-order valence-corrected chi connectivity index (χ2v) is 5.48. The van der Waals surface area contributed by atoms with E-state index in [1.54, 1.807) is 0 Å². The largest absolute Gasteiger partial charge is 0.0654 e. The molecule has 92 valence electrons. The van der Waals surface area contributed by atoms with E-state index < -0.39 is 0 Å². The Morgan fingerprint density at radius 2 is 1.20 bits per heavy atom. The van der Waals surface area contributed by atoms with Gasteiger partial charge in [-0.15, -0.1) is 0 Å². The van der Waals surface area contributed by atoms with Gasteiger partial charge in [0, 0.05) is 0 Å². The Balaban J connectivity index is 3.36. The topological polar surface area (TPSA) is 0 Å². The maximum atomic E-state index is 2.33. The van der Waals surface area contributed by atoms with Crippen molar-refractivity contribution in [1.29, 1.82) is 0 Å². The molecule has 0 aromatic heterocycles. The van der Waals surface area contributed by atoms with E-state index in [1.165, 1.54) is 57.8 Å². The summed E-state index contributed by atoms with van der Waals surface area (Å²) in [5, 5.41) is 0. The van der Waals surface area contributed by atoms with Gasteiger partial charge in [-0.1, -0.05) is 85.5 Å². The highest BCUT2D eigenvalue weighted by molar-refractivity contribution is 4.59. The van der Waals surface area contributed by atoms with Gasteiger partial charge >= 0.3 is 0 Å². The molecule has 0 aliphatic carbocycles. The maximum absolute atomic E-state index is 2.33. The lowest BCUT2D eigenvalue weighted by atomic mass is 9.92. The Labute approximate surface area is 97.8 Å². The van der Waals surface area contributed by atoms with Gasteiger partial charge in [0.05, 0.1) is 0 Å². The highest BCUT2D eigenvalue weighted by Gasteiger charge is 2.05.